The summed E-state index contributed by atoms with van der Waals surface area (Å²) in [5.41, 5.74) is 5.36. The van der Waals surface area contributed by atoms with Crippen LogP contribution in [0.3, 0.4) is 0 Å². The molecule has 0 aromatic heterocycles. The zero-order chi connectivity index (χ0) is 12.5. The lowest BCUT2D eigenvalue weighted by molar-refractivity contribution is 0.0671. The van der Waals surface area contributed by atoms with Crippen LogP contribution in [0.15, 0.2) is 0 Å². The Labute approximate surface area is 104 Å². The molecule has 2 saturated heterocycles. The predicted octanol–water partition coefficient (Wildman–Crippen LogP) is -0.309. The van der Waals surface area contributed by atoms with Crippen molar-refractivity contribution < 1.29 is 8.42 Å². The van der Waals surface area contributed by atoms with Gasteiger partial charge < -0.3 is 10.6 Å². The molecule has 6 heteroatoms. The summed E-state index contributed by atoms with van der Waals surface area (Å²) in [4.78, 5) is 2.39. The van der Waals surface area contributed by atoms with Gasteiger partial charge in [-0.05, 0) is 38.8 Å². The molecule has 17 heavy (non-hydrogen) atoms. The summed E-state index contributed by atoms with van der Waals surface area (Å²) in [6.07, 6.45) is 3.30. The molecule has 100 valence electrons. The zero-order valence-electron chi connectivity index (χ0n) is 10.5. The van der Waals surface area contributed by atoms with Crippen molar-refractivity contribution in [2.45, 2.75) is 25.3 Å². The number of hydrogen-bond acceptors (Lipinski definition) is 4. The SMILES string of the molecule is CN1CCCC2CN(S(=O)(=O)CCN)CCC21. The van der Waals surface area contributed by atoms with E-state index in [1.807, 2.05) is 0 Å². The Kier molecular flexibility index (Phi) is 4.07. The van der Waals surface area contributed by atoms with Gasteiger partial charge in [-0.25, -0.2) is 12.7 Å². The fraction of sp³-hybridized carbons (Fsp3) is 1.00. The molecule has 2 heterocycles. The lowest BCUT2D eigenvalue weighted by Crippen LogP contribution is -2.54. The first-order valence-electron chi connectivity index (χ1n) is 6.43. The Hall–Kier alpha value is -0.170. The van der Waals surface area contributed by atoms with Crippen LogP contribution in [0.1, 0.15) is 19.3 Å². The van der Waals surface area contributed by atoms with E-state index in [0.29, 0.717) is 25.0 Å². The molecule has 0 radical (unpaired) electrons. The Morgan fingerprint density at radius 3 is 2.76 bits per heavy atom. The highest BCUT2D eigenvalue weighted by Gasteiger charge is 2.37. The fourth-order valence-corrected chi connectivity index (χ4v) is 4.51. The molecule has 0 aliphatic carbocycles. The molecular formula is C11H23N3O2S. The third kappa shape index (κ3) is 2.81. The molecule has 2 atom stereocenters. The van der Waals surface area contributed by atoms with Crippen LogP contribution >= 0.6 is 0 Å². The normalized spacial score (nSPS) is 32.4. The van der Waals surface area contributed by atoms with Crippen LogP contribution in [0, 0.1) is 5.92 Å². The molecule has 2 aliphatic heterocycles. The van der Waals surface area contributed by atoms with Crippen LogP contribution < -0.4 is 5.73 Å². The zero-order valence-corrected chi connectivity index (χ0v) is 11.3. The molecule has 2 N–H and O–H groups in total. The highest BCUT2D eigenvalue weighted by atomic mass is 32.2. The molecule has 0 saturated carbocycles. The monoisotopic (exact) mass is 261 g/mol. The van der Waals surface area contributed by atoms with Gasteiger partial charge in [-0.3, -0.25) is 0 Å². The van der Waals surface area contributed by atoms with Gasteiger partial charge in [-0.2, -0.15) is 0 Å². The maximum atomic E-state index is 12.0. The summed E-state index contributed by atoms with van der Waals surface area (Å²) in [5.74, 6) is 0.593. The van der Waals surface area contributed by atoms with E-state index in [1.165, 1.54) is 6.42 Å². The summed E-state index contributed by atoms with van der Waals surface area (Å²) in [6, 6.07) is 0.577. The minimum atomic E-state index is -3.11. The van der Waals surface area contributed by atoms with Gasteiger partial charge in [0.2, 0.25) is 10.0 Å². The van der Waals surface area contributed by atoms with Crippen molar-refractivity contribution in [2.75, 3.05) is 39.0 Å². The Morgan fingerprint density at radius 2 is 2.06 bits per heavy atom. The van der Waals surface area contributed by atoms with Crippen molar-refractivity contribution in [3.05, 3.63) is 0 Å². The van der Waals surface area contributed by atoms with Gasteiger partial charge in [-0.1, -0.05) is 0 Å². The van der Waals surface area contributed by atoms with Gasteiger partial charge in [0.25, 0.3) is 0 Å². The topological polar surface area (TPSA) is 66.6 Å². The second-order valence-corrected chi connectivity index (χ2v) is 7.29. The van der Waals surface area contributed by atoms with Crippen LogP contribution in [0.5, 0.6) is 0 Å². The molecule has 0 bridgehead atoms. The molecule has 2 rings (SSSR count). The molecule has 0 spiro atoms. The van der Waals surface area contributed by atoms with Gasteiger partial charge in [0.15, 0.2) is 0 Å². The number of piperidine rings is 2. The van der Waals surface area contributed by atoms with Crippen LogP contribution in [-0.2, 0) is 10.0 Å². The first-order valence-corrected chi connectivity index (χ1v) is 8.03. The summed E-state index contributed by atoms with van der Waals surface area (Å²) in [7, 11) is -0.958. The number of likely N-dealkylation sites (tertiary alicyclic amines) is 1. The van der Waals surface area contributed by atoms with Gasteiger partial charge in [0.1, 0.15) is 0 Å². The smallest absolute Gasteiger partial charge is 0.215 e. The summed E-state index contributed by atoms with van der Waals surface area (Å²) < 4.78 is 25.6. The van der Waals surface area contributed by atoms with Crippen molar-refractivity contribution in [2.24, 2.45) is 11.7 Å². The van der Waals surface area contributed by atoms with Crippen LogP contribution in [0.4, 0.5) is 0 Å². The molecule has 5 nitrogen and oxygen atoms in total. The Bertz CT molecular complexity index is 358. The van der Waals surface area contributed by atoms with Crippen LogP contribution in [0.25, 0.3) is 0 Å². The van der Waals surface area contributed by atoms with Gasteiger partial charge in [0.05, 0.1) is 5.75 Å². The molecule has 2 unspecified atom stereocenters. The molecule has 0 aromatic carbocycles. The van der Waals surface area contributed by atoms with Crippen molar-refractivity contribution in [1.29, 1.82) is 0 Å². The average Bonchev–Trinajstić information content (AvgIpc) is 2.29. The predicted molar refractivity (Wildman–Crippen MR) is 68.2 cm³/mol. The van der Waals surface area contributed by atoms with Gasteiger partial charge in [-0.15, -0.1) is 0 Å². The Balaban J connectivity index is 2.02. The Morgan fingerprint density at radius 1 is 1.29 bits per heavy atom. The standard InChI is InChI=1S/C11H23N3O2S/c1-13-6-2-3-10-9-14(7-4-11(10)13)17(15,16)8-5-12/h10-11H,2-9,12H2,1H3. The third-order valence-electron chi connectivity index (χ3n) is 4.08. The van der Waals surface area contributed by atoms with Gasteiger partial charge >= 0.3 is 0 Å². The van der Waals surface area contributed by atoms with E-state index >= 15 is 0 Å². The summed E-state index contributed by atoms with van der Waals surface area (Å²) >= 11 is 0. The third-order valence-corrected chi connectivity index (χ3v) is 5.95. The van der Waals surface area contributed by atoms with E-state index in [0.717, 1.165) is 19.4 Å². The number of sulfonamides is 1. The maximum absolute atomic E-state index is 12.0. The van der Waals surface area contributed by atoms with Gasteiger partial charge in [0, 0.05) is 25.7 Å². The van der Waals surface area contributed by atoms with Crippen molar-refractivity contribution in [3.8, 4) is 0 Å². The van der Waals surface area contributed by atoms with E-state index in [1.54, 1.807) is 4.31 Å². The van der Waals surface area contributed by atoms with E-state index < -0.39 is 10.0 Å². The van der Waals surface area contributed by atoms with E-state index in [4.69, 9.17) is 5.73 Å². The van der Waals surface area contributed by atoms with Crippen molar-refractivity contribution in [3.63, 3.8) is 0 Å². The molecule has 2 aliphatic rings. The number of nitrogens with zero attached hydrogens (tertiary/aromatic N) is 2. The second kappa shape index (κ2) is 5.22. The minimum Gasteiger partial charge on any atom is -0.329 e. The van der Waals surface area contributed by atoms with Crippen LogP contribution in [-0.4, -0.2) is 62.6 Å². The van der Waals surface area contributed by atoms with E-state index in [9.17, 15) is 8.42 Å². The largest absolute Gasteiger partial charge is 0.329 e. The summed E-state index contributed by atoms with van der Waals surface area (Å²) in [6.45, 7) is 2.72. The highest BCUT2D eigenvalue weighted by Crippen LogP contribution is 2.30. The number of rotatable bonds is 3. The minimum absolute atomic E-state index is 0.0836. The van der Waals surface area contributed by atoms with Crippen LogP contribution in [0.2, 0.25) is 0 Å². The highest BCUT2D eigenvalue weighted by molar-refractivity contribution is 7.89. The van der Waals surface area contributed by atoms with E-state index in [-0.39, 0.29) is 12.3 Å². The first-order chi connectivity index (χ1) is 8.04. The average molecular weight is 261 g/mol. The van der Waals surface area contributed by atoms with Crippen molar-refractivity contribution in [1.82, 2.24) is 9.21 Å². The quantitative estimate of drug-likeness (QED) is 0.757. The molecular weight excluding hydrogens is 238 g/mol. The number of hydrogen-bond donors (Lipinski definition) is 1. The lowest BCUT2D eigenvalue weighted by Gasteiger charge is -2.45. The number of fused-ring (bicyclic) bond motifs is 1. The summed E-state index contributed by atoms with van der Waals surface area (Å²) in [5, 5.41) is 0. The maximum Gasteiger partial charge on any atom is 0.215 e. The lowest BCUT2D eigenvalue weighted by atomic mass is 9.85. The number of nitrogens with two attached hydrogens (primary N) is 1. The molecule has 0 amide bonds. The van der Waals surface area contributed by atoms with Crippen molar-refractivity contribution >= 4 is 10.0 Å². The molecule has 0 aromatic rings. The fourth-order valence-electron chi connectivity index (χ4n) is 3.15. The first kappa shape index (κ1) is 13.3. The molecule has 2 fully saturated rings. The van der Waals surface area contributed by atoms with E-state index in [2.05, 4.69) is 11.9 Å². The second-order valence-electron chi connectivity index (χ2n) is 5.20.